The van der Waals surface area contributed by atoms with Crippen LogP contribution >= 0.6 is 0 Å². The van der Waals surface area contributed by atoms with Crippen molar-refractivity contribution in [3.05, 3.63) is 34.6 Å². The summed E-state index contributed by atoms with van der Waals surface area (Å²) >= 11 is 0. The first-order valence-corrected chi connectivity index (χ1v) is 8.06. The number of carbonyl (C=O) groups is 3. The van der Waals surface area contributed by atoms with E-state index in [1.54, 1.807) is 6.07 Å². The fraction of sp³-hybridized carbons (Fsp3) is 0.500. The van der Waals surface area contributed by atoms with Crippen molar-refractivity contribution in [3.8, 4) is 0 Å². The van der Waals surface area contributed by atoms with Crippen LogP contribution in [0.2, 0.25) is 0 Å². The molecule has 3 amide bonds. The van der Waals surface area contributed by atoms with Crippen LogP contribution in [0, 0.1) is 11.7 Å². The maximum Gasteiger partial charge on any atom is 0.249 e. The number of hydrogen-bond acceptors (Lipinski definition) is 3. The maximum atomic E-state index is 14.3. The third-order valence-corrected chi connectivity index (χ3v) is 4.38. The van der Waals surface area contributed by atoms with Gasteiger partial charge in [-0.3, -0.25) is 19.7 Å². The molecule has 5 nitrogen and oxygen atoms in total. The fourth-order valence-electron chi connectivity index (χ4n) is 2.97. The Kier molecular flexibility index (Phi) is 5.06. The number of piperidine rings is 1. The molecule has 1 fully saturated rings. The third kappa shape index (κ3) is 3.99. The summed E-state index contributed by atoms with van der Waals surface area (Å²) in [4.78, 5) is 34.7. The summed E-state index contributed by atoms with van der Waals surface area (Å²) in [5.74, 6) is -1.98. The highest BCUT2D eigenvalue weighted by Gasteiger charge is 2.27. The smallest absolute Gasteiger partial charge is 0.249 e. The van der Waals surface area contributed by atoms with Gasteiger partial charge in [-0.25, -0.2) is 4.39 Å². The van der Waals surface area contributed by atoms with Crippen molar-refractivity contribution < 1.29 is 18.8 Å². The first-order chi connectivity index (χ1) is 11.1. The summed E-state index contributed by atoms with van der Waals surface area (Å²) in [6, 6.07) is 2.85. The van der Waals surface area contributed by atoms with E-state index in [9.17, 15) is 18.8 Å². The second-order valence-corrected chi connectivity index (χ2v) is 7.29. The van der Waals surface area contributed by atoms with E-state index in [1.807, 2.05) is 20.8 Å². The number of hydrogen-bond donors (Lipinski definition) is 2. The Hall–Kier alpha value is -2.24. The number of benzene rings is 1. The van der Waals surface area contributed by atoms with E-state index >= 15 is 0 Å². The van der Waals surface area contributed by atoms with Crippen LogP contribution in [0.4, 0.5) is 4.39 Å². The molecule has 0 saturated carbocycles. The van der Waals surface area contributed by atoms with Crippen molar-refractivity contribution in [2.24, 2.45) is 11.7 Å². The molecule has 0 bridgehead atoms. The molecule has 1 aliphatic heterocycles. The van der Waals surface area contributed by atoms with Gasteiger partial charge in [-0.15, -0.1) is 0 Å². The summed E-state index contributed by atoms with van der Waals surface area (Å²) in [6.07, 6.45) is 1.71. The molecule has 1 saturated heterocycles. The van der Waals surface area contributed by atoms with Gasteiger partial charge in [0.15, 0.2) is 0 Å². The van der Waals surface area contributed by atoms with Crippen LogP contribution < -0.4 is 11.1 Å². The zero-order valence-electron chi connectivity index (χ0n) is 14.2. The van der Waals surface area contributed by atoms with Crippen LogP contribution in [0.3, 0.4) is 0 Å². The average molecular weight is 334 g/mol. The van der Waals surface area contributed by atoms with Gasteiger partial charge in [0.25, 0.3) is 0 Å². The molecule has 0 radical (unpaired) electrons. The number of halogens is 1. The van der Waals surface area contributed by atoms with E-state index in [0.29, 0.717) is 36.8 Å². The van der Waals surface area contributed by atoms with E-state index in [1.165, 1.54) is 6.07 Å². The van der Waals surface area contributed by atoms with E-state index in [-0.39, 0.29) is 23.3 Å². The standard InChI is InChI=1S/C18H23FN2O3/c1-18(2,3)13-8-11(12(16(20)23)9-14(13)19)5-4-10-6-7-15(22)21-17(10)24/h8-10H,4-7H2,1-3H3,(H2,20,23)(H,21,22,24)/t10-/m0/s1. The van der Waals surface area contributed by atoms with Crippen LogP contribution in [-0.2, 0) is 21.4 Å². The molecule has 2 rings (SSSR count). The summed E-state index contributed by atoms with van der Waals surface area (Å²) in [6.45, 7) is 5.66. The number of primary amides is 1. The average Bonchev–Trinajstić information content (AvgIpc) is 2.45. The molecule has 1 aromatic rings. The van der Waals surface area contributed by atoms with Gasteiger partial charge in [0.1, 0.15) is 5.82 Å². The van der Waals surface area contributed by atoms with Gasteiger partial charge in [-0.05, 0) is 41.9 Å². The van der Waals surface area contributed by atoms with Gasteiger partial charge < -0.3 is 5.73 Å². The molecule has 0 spiro atoms. The molecule has 24 heavy (non-hydrogen) atoms. The lowest BCUT2D eigenvalue weighted by molar-refractivity contribution is -0.136. The van der Waals surface area contributed by atoms with Gasteiger partial charge >= 0.3 is 0 Å². The second kappa shape index (κ2) is 6.71. The van der Waals surface area contributed by atoms with Crippen molar-refractivity contribution in [1.29, 1.82) is 0 Å². The molecule has 6 heteroatoms. The second-order valence-electron chi connectivity index (χ2n) is 7.29. The minimum atomic E-state index is -0.687. The van der Waals surface area contributed by atoms with Crippen LogP contribution in [0.5, 0.6) is 0 Å². The van der Waals surface area contributed by atoms with Gasteiger partial charge in [-0.1, -0.05) is 26.8 Å². The monoisotopic (exact) mass is 334 g/mol. The number of aryl methyl sites for hydroxylation is 1. The Morgan fingerprint density at radius 3 is 2.54 bits per heavy atom. The van der Waals surface area contributed by atoms with Crippen molar-refractivity contribution >= 4 is 17.7 Å². The predicted molar refractivity (Wildman–Crippen MR) is 87.8 cm³/mol. The molecule has 3 N–H and O–H groups in total. The number of nitrogens with one attached hydrogen (secondary N) is 1. The Labute approximate surface area is 140 Å². The summed E-state index contributed by atoms with van der Waals surface area (Å²) in [7, 11) is 0. The van der Waals surface area contributed by atoms with E-state index in [2.05, 4.69) is 5.32 Å². The number of carbonyl (C=O) groups excluding carboxylic acids is 3. The highest BCUT2D eigenvalue weighted by Crippen LogP contribution is 2.29. The number of rotatable bonds is 4. The zero-order valence-corrected chi connectivity index (χ0v) is 14.2. The van der Waals surface area contributed by atoms with Gasteiger partial charge in [0.05, 0.1) is 0 Å². The molecule has 0 aliphatic carbocycles. The zero-order chi connectivity index (χ0) is 18.1. The largest absolute Gasteiger partial charge is 0.366 e. The number of imide groups is 1. The number of nitrogens with two attached hydrogens (primary N) is 1. The highest BCUT2D eigenvalue weighted by molar-refractivity contribution is 5.98. The van der Waals surface area contributed by atoms with Crippen molar-refractivity contribution in [2.75, 3.05) is 0 Å². The Balaban J connectivity index is 2.26. The number of amides is 3. The highest BCUT2D eigenvalue weighted by atomic mass is 19.1. The van der Waals surface area contributed by atoms with Gasteiger partial charge in [0, 0.05) is 17.9 Å². The molecular weight excluding hydrogens is 311 g/mol. The maximum absolute atomic E-state index is 14.3. The van der Waals surface area contributed by atoms with Crippen molar-refractivity contribution in [3.63, 3.8) is 0 Å². The molecule has 1 aromatic carbocycles. The van der Waals surface area contributed by atoms with Crippen molar-refractivity contribution in [1.82, 2.24) is 5.32 Å². The lowest BCUT2D eigenvalue weighted by atomic mass is 9.83. The summed E-state index contributed by atoms with van der Waals surface area (Å²) in [5.41, 5.74) is 6.24. The van der Waals surface area contributed by atoms with Gasteiger partial charge in [-0.2, -0.15) is 0 Å². The minimum absolute atomic E-state index is 0.146. The van der Waals surface area contributed by atoms with Crippen LogP contribution in [0.1, 0.15) is 61.5 Å². The van der Waals surface area contributed by atoms with E-state index < -0.39 is 17.1 Å². The lowest BCUT2D eigenvalue weighted by Gasteiger charge is -2.23. The Bertz CT molecular complexity index is 692. The van der Waals surface area contributed by atoms with Crippen LogP contribution in [0.25, 0.3) is 0 Å². The third-order valence-electron chi connectivity index (χ3n) is 4.38. The Morgan fingerprint density at radius 2 is 2.00 bits per heavy atom. The van der Waals surface area contributed by atoms with Gasteiger partial charge in [0.2, 0.25) is 17.7 Å². The lowest BCUT2D eigenvalue weighted by Crippen LogP contribution is -2.40. The fourth-order valence-corrected chi connectivity index (χ4v) is 2.97. The van der Waals surface area contributed by atoms with Crippen LogP contribution in [0.15, 0.2) is 12.1 Å². The summed E-state index contributed by atoms with van der Waals surface area (Å²) < 4.78 is 14.3. The molecule has 1 atom stereocenters. The van der Waals surface area contributed by atoms with Crippen LogP contribution in [-0.4, -0.2) is 17.7 Å². The SMILES string of the molecule is CC(C)(C)c1cc(CC[C@H]2CCC(=O)NC2=O)c(C(N)=O)cc1F. The molecule has 130 valence electrons. The summed E-state index contributed by atoms with van der Waals surface area (Å²) in [5, 5.41) is 2.32. The first kappa shape index (κ1) is 18.1. The minimum Gasteiger partial charge on any atom is -0.366 e. The first-order valence-electron chi connectivity index (χ1n) is 8.06. The van der Waals surface area contributed by atoms with E-state index in [0.717, 1.165) is 0 Å². The topological polar surface area (TPSA) is 89.3 Å². The van der Waals surface area contributed by atoms with Crippen molar-refractivity contribution in [2.45, 2.75) is 51.9 Å². The molecule has 0 unspecified atom stereocenters. The molecular formula is C18H23FN2O3. The van der Waals surface area contributed by atoms with E-state index in [4.69, 9.17) is 5.73 Å². The normalized spacial score (nSPS) is 18.4. The molecule has 0 aromatic heterocycles. The predicted octanol–water partition coefficient (Wildman–Crippen LogP) is 2.21. The quantitative estimate of drug-likeness (QED) is 0.827. The molecule has 1 aliphatic rings. The molecule has 1 heterocycles. The Morgan fingerprint density at radius 1 is 1.33 bits per heavy atom.